The van der Waals surface area contributed by atoms with Crippen molar-refractivity contribution in [2.75, 3.05) is 7.11 Å². The SMILES string of the molecule is COc1ccc(C(Br)c2cc(Br)ccc2Br)cc1Cl. The number of hydrogen-bond donors (Lipinski definition) is 0. The number of hydrogen-bond acceptors (Lipinski definition) is 1. The fraction of sp³-hybridized carbons (Fsp3) is 0.143. The normalized spacial score (nSPS) is 12.3. The molecule has 19 heavy (non-hydrogen) atoms. The van der Waals surface area contributed by atoms with Gasteiger partial charge in [0.15, 0.2) is 0 Å². The molecule has 1 atom stereocenters. The number of methoxy groups -OCH3 is 1. The highest BCUT2D eigenvalue weighted by atomic mass is 79.9. The van der Waals surface area contributed by atoms with E-state index in [-0.39, 0.29) is 4.83 Å². The minimum atomic E-state index is 0.0581. The molecule has 1 nitrogen and oxygen atoms in total. The molecule has 0 saturated heterocycles. The van der Waals surface area contributed by atoms with Gasteiger partial charge in [0.1, 0.15) is 5.75 Å². The van der Waals surface area contributed by atoms with Crippen molar-refractivity contribution in [2.24, 2.45) is 0 Å². The predicted octanol–water partition coefficient (Wildman–Crippen LogP) is 6.36. The van der Waals surface area contributed by atoms with Crippen LogP contribution in [0.1, 0.15) is 16.0 Å². The fourth-order valence-corrected chi connectivity index (χ4v) is 3.82. The Balaban J connectivity index is 2.41. The van der Waals surface area contributed by atoms with Gasteiger partial charge in [0, 0.05) is 8.95 Å². The molecule has 1 unspecified atom stereocenters. The molecule has 0 bridgehead atoms. The number of halogens is 4. The number of rotatable bonds is 3. The van der Waals surface area contributed by atoms with Crippen molar-refractivity contribution in [3.8, 4) is 5.75 Å². The quantitative estimate of drug-likeness (QED) is 0.476. The van der Waals surface area contributed by atoms with E-state index < -0.39 is 0 Å². The van der Waals surface area contributed by atoms with Crippen molar-refractivity contribution in [3.05, 3.63) is 61.5 Å². The van der Waals surface area contributed by atoms with Gasteiger partial charge in [-0.1, -0.05) is 65.5 Å². The highest BCUT2D eigenvalue weighted by molar-refractivity contribution is 9.11. The van der Waals surface area contributed by atoms with Gasteiger partial charge >= 0.3 is 0 Å². The second kappa shape index (κ2) is 6.61. The topological polar surface area (TPSA) is 9.23 Å². The van der Waals surface area contributed by atoms with Crippen LogP contribution < -0.4 is 4.74 Å². The Morgan fingerprint density at radius 1 is 1.11 bits per heavy atom. The summed E-state index contributed by atoms with van der Waals surface area (Å²) < 4.78 is 7.25. The summed E-state index contributed by atoms with van der Waals surface area (Å²) in [7, 11) is 1.61. The van der Waals surface area contributed by atoms with Gasteiger partial charge in [0.2, 0.25) is 0 Å². The summed E-state index contributed by atoms with van der Waals surface area (Å²) in [5.74, 6) is 0.679. The van der Waals surface area contributed by atoms with Crippen LogP contribution in [0.25, 0.3) is 0 Å². The zero-order chi connectivity index (χ0) is 14.0. The first-order valence-corrected chi connectivity index (χ1v) is 8.33. The van der Waals surface area contributed by atoms with Gasteiger partial charge in [-0.3, -0.25) is 0 Å². The molecular formula is C14H10Br3ClO. The van der Waals surface area contributed by atoms with E-state index in [4.69, 9.17) is 16.3 Å². The lowest BCUT2D eigenvalue weighted by Gasteiger charge is -2.14. The van der Waals surface area contributed by atoms with E-state index in [1.54, 1.807) is 7.11 Å². The second-order valence-corrected chi connectivity index (χ2v) is 7.02. The Morgan fingerprint density at radius 3 is 2.47 bits per heavy atom. The van der Waals surface area contributed by atoms with Crippen LogP contribution >= 0.6 is 59.4 Å². The Kier molecular flexibility index (Phi) is 5.35. The Hall–Kier alpha value is -0.0300. The maximum atomic E-state index is 6.17. The molecule has 0 aliphatic carbocycles. The first-order valence-electron chi connectivity index (χ1n) is 5.45. The minimum Gasteiger partial charge on any atom is -0.495 e. The molecule has 2 aromatic carbocycles. The molecule has 0 saturated carbocycles. The van der Waals surface area contributed by atoms with Gasteiger partial charge < -0.3 is 4.74 Å². The average molecular weight is 469 g/mol. The van der Waals surface area contributed by atoms with Crippen LogP contribution in [-0.4, -0.2) is 7.11 Å². The van der Waals surface area contributed by atoms with E-state index in [0.717, 1.165) is 20.1 Å². The fourth-order valence-electron chi connectivity index (χ4n) is 1.73. The third-order valence-corrected chi connectivity index (χ3v) is 5.23. The zero-order valence-electron chi connectivity index (χ0n) is 9.96. The number of benzene rings is 2. The van der Waals surface area contributed by atoms with Crippen molar-refractivity contribution >= 4 is 59.4 Å². The molecule has 0 radical (unpaired) electrons. The molecule has 0 aromatic heterocycles. The molecule has 0 aliphatic heterocycles. The van der Waals surface area contributed by atoms with Crippen LogP contribution in [0.3, 0.4) is 0 Å². The molecule has 100 valence electrons. The molecule has 0 fully saturated rings. The van der Waals surface area contributed by atoms with E-state index in [0.29, 0.717) is 10.8 Å². The van der Waals surface area contributed by atoms with Crippen molar-refractivity contribution in [1.29, 1.82) is 0 Å². The van der Waals surface area contributed by atoms with Gasteiger partial charge in [-0.05, 0) is 41.5 Å². The van der Waals surface area contributed by atoms with Crippen LogP contribution in [0.2, 0.25) is 5.02 Å². The van der Waals surface area contributed by atoms with Crippen LogP contribution in [0.4, 0.5) is 0 Å². The van der Waals surface area contributed by atoms with Gasteiger partial charge in [-0.15, -0.1) is 0 Å². The van der Waals surface area contributed by atoms with Gasteiger partial charge in [0.05, 0.1) is 17.0 Å². The highest BCUT2D eigenvalue weighted by Gasteiger charge is 2.15. The Bertz CT molecular complexity index is 601. The Morgan fingerprint density at radius 2 is 1.84 bits per heavy atom. The van der Waals surface area contributed by atoms with Crippen molar-refractivity contribution in [3.63, 3.8) is 0 Å². The molecule has 0 aliphatic rings. The molecule has 2 rings (SSSR count). The third kappa shape index (κ3) is 3.54. The van der Waals surface area contributed by atoms with E-state index in [2.05, 4.69) is 53.9 Å². The van der Waals surface area contributed by atoms with Crippen molar-refractivity contribution in [1.82, 2.24) is 0 Å². The van der Waals surface area contributed by atoms with E-state index >= 15 is 0 Å². The lowest BCUT2D eigenvalue weighted by Crippen LogP contribution is -1.95. The number of alkyl halides is 1. The lowest BCUT2D eigenvalue weighted by atomic mass is 10.0. The van der Waals surface area contributed by atoms with Crippen molar-refractivity contribution in [2.45, 2.75) is 4.83 Å². The summed E-state index contributed by atoms with van der Waals surface area (Å²) in [5.41, 5.74) is 2.21. The maximum absolute atomic E-state index is 6.17. The molecule has 5 heteroatoms. The molecule has 2 aromatic rings. The average Bonchev–Trinajstić information content (AvgIpc) is 2.40. The summed E-state index contributed by atoms with van der Waals surface area (Å²) in [6, 6.07) is 11.9. The predicted molar refractivity (Wildman–Crippen MR) is 90.6 cm³/mol. The zero-order valence-corrected chi connectivity index (χ0v) is 15.5. The monoisotopic (exact) mass is 466 g/mol. The van der Waals surface area contributed by atoms with E-state index in [1.165, 1.54) is 0 Å². The molecule has 0 heterocycles. The lowest BCUT2D eigenvalue weighted by molar-refractivity contribution is 0.415. The van der Waals surface area contributed by atoms with Crippen LogP contribution in [0, 0.1) is 0 Å². The minimum absolute atomic E-state index is 0.0581. The van der Waals surface area contributed by atoms with E-state index in [9.17, 15) is 0 Å². The Labute approximate surface area is 142 Å². The first-order chi connectivity index (χ1) is 9.02. The summed E-state index contributed by atoms with van der Waals surface area (Å²) in [4.78, 5) is 0.0581. The number of ether oxygens (including phenoxy) is 1. The van der Waals surface area contributed by atoms with Crippen LogP contribution in [0.15, 0.2) is 45.3 Å². The summed E-state index contributed by atoms with van der Waals surface area (Å²) in [5, 5.41) is 0.607. The molecular weight excluding hydrogens is 459 g/mol. The van der Waals surface area contributed by atoms with Crippen LogP contribution in [0.5, 0.6) is 5.75 Å². The summed E-state index contributed by atoms with van der Waals surface area (Å²) in [6.45, 7) is 0. The second-order valence-electron chi connectivity index (χ2n) is 3.92. The van der Waals surface area contributed by atoms with Crippen LogP contribution in [-0.2, 0) is 0 Å². The summed E-state index contributed by atoms with van der Waals surface area (Å²) >= 11 is 16.9. The van der Waals surface area contributed by atoms with Gasteiger partial charge in [-0.25, -0.2) is 0 Å². The first kappa shape index (κ1) is 15.4. The third-order valence-electron chi connectivity index (χ3n) is 2.70. The van der Waals surface area contributed by atoms with Gasteiger partial charge in [-0.2, -0.15) is 0 Å². The smallest absolute Gasteiger partial charge is 0.137 e. The summed E-state index contributed by atoms with van der Waals surface area (Å²) in [6.07, 6.45) is 0. The maximum Gasteiger partial charge on any atom is 0.137 e. The van der Waals surface area contributed by atoms with Gasteiger partial charge in [0.25, 0.3) is 0 Å². The van der Waals surface area contributed by atoms with E-state index in [1.807, 2.05) is 30.3 Å². The van der Waals surface area contributed by atoms with Crippen molar-refractivity contribution < 1.29 is 4.74 Å². The molecule has 0 spiro atoms. The molecule has 0 amide bonds. The highest BCUT2D eigenvalue weighted by Crippen LogP contribution is 2.39. The molecule has 0 N–H and O–H groups in total. The standard InChI is InChI=1S/C14H10Br3ClO/c1-19-13-5-2-8(6-12(13)18)14(17)10-7-9(15)3-4-11(10)16/h2-7,14H,1H3. The largest absolute Gasteiger partial charge is 0.495 e.